The second-order valence-electron chi connectivity index (χ2n) is 5.02. The van der Waals surface area contributed by atoms with Crippen LogP contribution in [0.2, 0.25) is 0 Å². The van der Waals surface area contributed by atoms with Crippen LogP contribution >= 0.6 is 24.8 Å². The van der Waals surface area contributed by atoms with Crippen LogP contribution in [0.4, 0.5) is 5.69 Å². The zero-order valence-corrected chi connectivity index (χ0v) is 13.6. The lowest BCUT2D eigenvalue weighted by molar-refractivity contribution is -0.121. The van der Waals surface area contributed by atoms with Crippen LogP contribution in [0.15, 0.2) is 24.5 Å². The zero-order valence-electron chi connectivity index (χ0n) is 12.0. The number of amides is 1. The molecule has 5 nitrogen and oxygen atoms in total. The summed E-state index contributed by atoms with van der Waals surface area (Å²) in [6.07, 6.45) is 8.71. The fourth-order valence-electron chi connectivity index (χ4n) is 2.63. The normalized spacial score (nSPS) is 20.2. The molecule has 2 rings (SSSR count). The van der Waals surface area contributed by atoms with Crippen LogP contribution in [-0.2, 0) is 4.79 Å². The van der Waals surface area contributed by atoms with E-state index in [2.05, 4.69) is 10.3 Å². The highest BCUT2D eigenvalue weighted by Crippen LogP contribution is 2.31. The third kappa shape index (κ3) is 7.09. The molecule has 0 radical (unpaired) electrons. The Morgan fingerprint density at radius 1 is 1.19 bits per heavy atom. The van der Waals surface area contributed by atoms with Gasteiger partial charge in [-0.25, -0.2) is 0 Å². The van der Waals surface area contributed by atoms with Gasteiger partial charge in [-0.3, -0.25) is 9.78 Å². The van der Waals surface area contributed by atoms with Crippen molar-refractivity contribution in [1.82, 2.24) is 4.98 Å². The van der Waals surface area contributed by atoms with Crippen LogP contribution in [0, 0.1) is 11.8 Å². The lowest BCUT2D eigenvalue weighted by Gasteiger charge is -2.27. The monoisotopic (exact) mass is 337 g/mol. The molecule has 1 saturated carbocycles. The second-order valence-corrected chi connectivity index (χ2v) is 5.02. The van der Waals surface area contributed by atoms with E-state index in [1.165, 1.54) is 0 Å². The molecule has 21 heavy (non-hydrogen) atoms. The summed E-state index contributed by atoms with van der Waals surface area (Å²) in [5, 5.41) is 2.95. The number of rotatable bonds is 4. The predicted molar refractivity (Wildman–Crippen MR) is 90.1 cm³/mol. The molecule has 0 aliphatic heterocycles. The summed E-state index contributed by atoms with van der Waals surface area (Å²) in [6, 6.07) is 3.63. The van der Waals surface area contributed by atoms with Gasteiger partial charge in [0.25, 0.3) is 0 Å². The molecule has 0 aromatic carbocycles. The molecular formula is C14H25Cl2N3O2. The standard InChI is InChI=1S/C14H21N3O.2ClH.H2O/c15-8-5-11-1-3-12(4-2-11)14(18)17-13-6-9-16-10-7-13;;;/h6-7,9-12H,1-5,8,15H2,(H,16,17,18);2*1H;1H2. The first kappa shape index (κ1) is 22.4. The molecule has 7 heteroatoms. The van der Waals surface area contributed by atoms with E-state index in [9.17, 15) is 4.79 Å². The van der Waals surface area contributed by atoms with Crippen molar-refractivity contribution < 1.29 is 10.3 Å². The van der Waals surface area contributed by atoms with Crippen LogP contribution in [0.3, 0.4) is 0 Å². The maximum absolute atomic E-state index is 12.1. The number of hydrogen-bond acceptors (Lipinski definition) is 3. The van der Waals surface area contributed by atoms with Crippen molar-refractivity contribution in [2.24, 2.45) is 17.6 Å². The number of nitrogens with two attached hydrogens (primary N) is 1. The molecule has 1 aromatic heterocycles. The van der Waals surface area contributed by atoms with Gasteiger partial charge in [0.1, 0.15) is 0 Å². The topological polar surface area (TPSA) is 99.5 Å². The van der Waals surface area contributed by atoms with E-state index in [1.807, 2.05) is 12.1 Å². The molecule has 0 atom stereocenters. The van der Waals surface area contributed by atoms with Crippen LogP contribution < -0.4 is 11.1 Å². The van der Waals surface area contributed by atoms with Gasteiger partial charge in [-0.1, -0.05) is 0 Å². The first-order valence-electron chi connectivity index (χ1n) is 6.70. The van der Waals surface area contributed by atoms with Crippen molar-refractivity contribution >= 4 is 36.4 Å². The van der Waals surface area contributed by atoms with Crippen LogP contribution in [-0.4, -0.2) is 22.9 Å². The lowest BCUT2D eigenvalue weighted by atomic mass is 9.80. The summed E-state index contributed by atoms with van der Waals surface area (Å²) in [5.74, 6) is 1.03. The molecule has 1 aliphatic carbocycles. The van der Waals surface area contributed by atoms with Crippen LogP contribution in [0.5, 0.6) is 0 Å². The smallest absolute Gasteiger partial charge is 0.227 e. The van der Waals surface area contributed by atoms with Crippen LogP contribution in [0.1, 0.15) is 32.1 Å². The number of hydrogen-bond donors (Lipinski definition) is 2. The van der Waals surface area contributed by atoms with Gasteiger partial charge < -0.3 is 16.5 Å². The van der Waals surface area contributed by atoms with Crippen molar-refractivity contribution in [3.05, 3.63) is 24.5 Å². The van der Waals surface area contributed by atoms with E-state index in [1.54, 1.807) is 12.4 Å². The first-order chi connectivity index (χ1) is 8.79. The molecular weight excluding hydrogens is 313 g/mol. The molecule has 1 heterocycles. The molecule has 0 bridgehead atoms. The van der Waals surface area contributed by atoms with Crippen molar-refractivity contribution in [3.8, 4) is 0 Å². The van der Waals surface area contributed by atoms with Gasteiger partial charge in [-0.05, 0) is 56.7 Å². The number of halogens is 2. The summed E-state index contributed by atoms with van der Waals surface area (Å²) in [6.45, 7) is 0.762. The number of anilines is 1. The highest BCUT2D eigenvalue weighted by molar-refractivity contribution is 5.92. The van der Waals surface area contributed by atoms with Gasteiger partial charge >= 0.3 is 0 Å². The number of carbonyl (C=O) groups excluding carboxylic acids is 1. The minimum Gasteiger partial charge on any atom is -0.412 e. The summed E-state index contributed by atoms with van der Waals surface area (Å²) in [7, 11) is 0. The maximum Gasteiger partial charge on any atom is 0.227 e. The summed E-state index contributed by atoms with van der Waals surface area (Å²) >= 11 is 0. The molecule has 0 unspecified atom stereocenters. The number of nitrogens with one attached hydrogen (secondary N) is 1. The Morgan fingerprint density at radius 3 is 2.29 bits per heavy atom. The Bertz CT molecular complexity index is 385. The van der Waals surface area contributed by atoms with Gasteiger partial charge in [0.2, 0.25) is 5.91 Å². The van der Waals surface area contributed by atoms with Crippen molar-refractivity contribution in [2.45, 2.75) is 32.1 Å². The first-order valence-corrected chi connectivity index (χ1v) is 6.70. The molecule has 1 aliphatic rings. The summed E-state index contributed by atoms with van der Waals surface area (Å²) < 4.78 is 0. The molecule has 5 N–H and O–H groups in total. The fourth-order valence-corrected chi connectivity index (χ4v) is 2.63. The number of nitrogens with zero attached hydrogens (tertiary/aromatic N) is 1. The second kappa shape index (κ2) is 11.7. The van der Waals surface area contributed by atoms with Gasteiger partial charge in [0.05, 0.1) is 0 Å². The number of carbonyl (C=O) groups is 1. The molecule has 1 aromatic rings. The third-order valence-corrected chi connectivity index (χ3v) is 3.74. The lowest BCUT2D eigenvalue weighted by Crippen LogP contribution is -2.27. The van der Waals surface area contributed by atoms with E-state index in [0.29, 0.717) is 0 Å². The molecule has 1 fully saturated rings. The van der Waals surface area contributed by atoms with Gasteiger partial charge in [0.15, 0.2) is 0 Å². The van der Waals surface area contributed by atoms with Gasteiger partial charge in [-0.2, -0.15) is 0 Å². The predicted octanol–water partition coefficient (Wildman–Crippen LogP) is 2.19. The third-order valence-electron chi connectivity index (χ3n) is 3.74. The summed E-state index contributed by atoms with van der Waals surface area (Å²) in [4.78, 5) is 16.0. The Morgan fingerprint density at radius 2 is 1.76 bits per heavy atom. The number of aromatic nitrogens is 1. The van der Waals surface area contributed by atoms with E-state index >= 15 is 0 Å². The Balaban J connectivity index is 0. The van der Waals surface area contributed by atoms with E-state index < -0.39 is 0 Å². The van der Waals surface area contributed by atoms with Gasteiger partial charge in [0, 0.05) is 24.0 Å². The Kier molecular flexibility index (Phi) is 12.5. The number of pyridine rings is 1. The average molecular weight is 338 g/mol. The minimum absolute atomic E-state index is 0. The maximum atomic E-state index is 12.1. The van der Waals surface area contributed by atoms with E-state index in [-0.39, 0.29) is 42.1 Å². The Labute approximate surface area is 138 Å². The highest BCUT2D eigenvalue weighted by atomic mass is 35.5. The van der Waals surface area contributed by atoms with Crippen molar-refractivity contribution in [1.29, 1.82) is 0 Å². The van der Waals surface area contributed by atoms with Crippen molar-refractivity contribution in [3.63, 3.8) is 0 Å². The van der Waals surface area contributed by atoms with E-state index in [0.717, 1.165) is 50.3 Å². The molecule has 0 saturated heterocycles. The SMILES string of the molecule is Cl.Cl.NCCC1CCC(C(=O)Nc2ccncc2)CC1.O. The fraction of sp³-hybridized carbons (Fsp3) is 0.571. The Hall–Kier alpha value is -0.880. The zero-order chi connectivity index (χ0) is 12.8. The highest BCUT2D eigenvalue weighted by Gasteiger charge is 2.25. The average Bonchev–Trinajstić information content (AvgIpc) is 2.41. The quantitative estimate of drug-likeness (QED) is 0.880. The van der Waals surface area contributed by atoms with Crippen LogP contribution in [0.25, 0.3) is 0 Å². The van der Waals surface area contributed by atoms with E-state index in [4.69, 9.17) is 5.73 Å². The minimum atomic E-state index is 0. The van der Waals surface area contributed by atoms with Crippen molar-refractivity contribution in [2.75, 3.05) is 11.9 Å². The summed E-state index contributed by atoms with van der Waals surface area (Å²) in [5.41, 5.74) is 6.40. The molecule has 122 valence electrons. The molecule has 1 amide bonds. The largest absolute Gasteiger partial charge is 0.412 e. The van der Waals surface area contributed by atoms with Gasteiger partial charge in [-0.15, -0.1) is 24.8 Å². The molecule has 0 spiro atoms.